The van der Waals surface area contributed by atoms with Crippen LogP contribution in [0.4, 0.5) is 10.5 Å². The van der Waals surface area contributed by atoms with E-state index in [-0.39, 0.29) is 18.7 Å². The Hall–Kier alpha value is -2.53. The highest BCUT2D eigenvalue weighted by Crippen LogP contribution is 2.31. The average molecular weight is 312 g/mol. The first-order valence-electron chi connectivity index (χ1n) is 7.70. The number of ether oxygens (including phenoxy) is 1. The first kappa shape index (κ1) is 15.4. The third-order valence-electron chi connectivity index (χ3n) is 3.79. The molecule has 5 nitrogen and oxygen atoms in total. The lowest BCUT2D eigenvalue weighted by atomic mass is 10.0. The molecule has 120 valence electrons. The summed E-state index contributed by atoms with van der Waals surface area (Å²) in [5.41, 5.74) is 4.06. The molecule has 0 bridgehead atoms. The minimum Gasteiger partial charge on any atom is -0.493 e. The summed E-state index contributed by atoms with van der Waals surface area (Å²) >= 11 is 0. The molecule has 2 amide bonds. The number of carbonyl (C=O) groups excluding carboxylic acids is 1. The molecule has 2 aromatic rings. The van der Waals surface area contributed by atoms with E-state index in [2.05, 4.69) is 16.7 Å². The summed E-state index contributed by atoms with van der Waals surface area (Å²) < 4.78 is 5.53. The first-order valence-corrected chi connectivity index (χ1v) is 7.70. The Morgan fingerprint density at radius 2 is 2.09 bits per heavy atom. The Morgan fingerprint density at radius 1 is 1.26 bits per heavy atom. The van der Waals surface area contributed by atoms with E-state index < -0.39 is 0 Å². The summed E-state index contributed by atoms with van der Waals surface area (Å²) in [6.07, 6.45) is 0.933. The summed E-state index contributed by atoms with van der Waals surface area (Å²) in [5.74, 6) is 0.959. The molecule has 1 aliphatic heterocycles. The lowest BCUT2D eigenvalue weighted by Gasteiger charge is -2.13. The Morgan fingerprint density at radius 3 is 2.91 bits per heavy atom. The number of aliphatic hydroxyl groups excluding tert-OH is 1. The first-order chi connectivity index (χ1) is 11.2. The van der Waals surface area contributed by atoms with Crippen molar-refractivity contribution in [1.82, 2.24) is 5.32 Å². The van der Waals surface area contributed by atoms with Crippen LogP contribution in [-0.4, -0.2) is 30.4 Å². The van der Waals surface area contributed by atoms with Crippen molar-refractivity contribution in [2.75, 3.05) is 18.5 Å². The van der Waals surface area contributed by atoms with Gasteiger partial charge in [-0.15, -0.1) is 0 Å². The third-order valence-corrected chi connectivity index (χ3v) is 3.79. The molecule has 5 heteroatoms. The summed E-state index contributed by atoms with van der Waals surface area (Å²) in [6, 6.07) is 13.2. The standard InChI is InChI=1S/C18H20N2O3/c1-12(11-21)19-18(22)20-16-4-2-3-13(10-16)14-5-6-17-15(9-14)7-8-23-17/h2-6,9-10,12,21H,7-8,11H2,1H3,(H2,19,20,22). The van der Waals surface area contributed by atoms with Gasteiger partial charge in [-0.25, -0.2) is 4.79 Å². The van der Waals surface area contributed by atoms with Gasteiger partial charge in [-0.05, 0) is 47.9 Å². The molecular weight excluding hydrogens is 292 g/mol. The fourth-order valence-corrected chi connectivity index (χ4v) is 2.58. The monoisotopic (exact) mass is 312 g/mol. The zero-order chi connectivity index (χ0) is 16.2. The summed E-state index contributed by atoms with van der Waals surface area (Å²) in [5, 5.41) is 14.4. The van der Waals surface area contributed by atoms with Crippen molar-refractivity contribution in [3.63, 3.8) is 0 Å². The Balaban J connectivity index is 1.76. The van der Waals surface area contributed by atoms with Gasteiger partial charge in [0.2, 0.25) is 0 Å². The van der Waals surface area contributed by atoms with Crippen LogP contribution in [0.15, 0.2) is 42.5 Å². The molecular formula is C18H20N2O3. The summed E-state index contributed by atoms with van der Waals surface area (Å²) in [6.45, 7) is 2.39. The number of rotatable bonds is 4. The van der Waals surface area contributed by atoms with Crippen LogP contribution in [0, 0.1) is 0 Å². The molecule has 23 heavy (non-hydrogen) atoms. The van der Waals surface area contributed by atoms with Gasteiger partial charge < -0.3 is 20.5 Å². The Labute approximate surface area is 135 Å². The minimum atomic E-state index is -0.328. The molecule has 0 saturated heterocycles. The van der Waals surface area contributed by atoms with Crippen molar-refractivity contribution < 1.29 is 14.6 Å². The molecule has 1 atom stereocenters. The predicted molar refractivity (Wildman–Crippen MR) is 89.8 cm³/mol. The maximum atomic E-state index is 11.8. The van der Waals surface area contributed by atoms with Gasteiger partial charge in [0.15, 0.2) is 0 Å². The molecule has 1 unspecified atom stereocenters. The molecule has 0 aliphatic carbocycles. The predicted octanol–water partition coefficient (Wildman–Crippen LogP) is 2.79. The number of aliphatic hydroxyl groups is 1. The van der Waals surface area contributed by atoms with Gasteiger partial charge in [0.1, 0.15) is 5.75 Å². The van der Waals surface area contributed by atoms with E-state index in [1.807, 2.05) is 36.4 Å². The molecule has 0 fully saturated rings. The highest BCUT2D eigenvalue weighted by atomic mass is 16.5. The molecule has 3 N–H and O–H groups in total. The number of hydrogen-bond donors (Lipinski definition) is 3. The maximum absolute atomic E-state index is 11.8. The summed E-state index contributed by atoms with van der Waals surface area (Å²) in [4.78, 5) is 11.8. The van der Waals surface area contributed by atoms with Crippen molar-refractivity contribution in [3.8, 4) is 16.9 Å². The average Bonchev–Trinajstić information content (AvgIpc) is 3.02. The van der Waals surface area contributed by atoms with E-state index in [9.17, 15) is 4.79 Å². The van der Waals surface area contributed by atoms with Gasteiger partial charge in [0, 0.05) is 12.1 Å². The second-order valence-corrected chi connectivity index (χ2v) is 5.68. The molecule has 0 aromatic heterocycles. The van der Waals surface area contributed by atoms with E-state index in [0.717, 1.165) is 29.9 Å². The maximum Gasteiger partial charge on any atom is 0.319 e. The lowest BCUT2D eigenvalue weighted by molar-refractivity contribution is 0.229. The van der Waals surface area contributed by atoms with E-state index in [4.69, 9.17) is 9.84 Å². The van der Waals surface area contributed by atoms with Crippen molar-refractivity contribution in [2.45, 2.75) is 19.4 Å². The lowest BCUT2D eigenvalue weighted by Crippen LogP contribution is -2.38. The van der Waals surface area contributed by atoms with Crippen molar-refractivity contribution in [1.29, 1.82) is 0 Å². The molecule has 1 aliphatic rings. The van der Waals surface area contributed by atoms with E-state index in [1.165, 1.54) is 5.56 Å². The fraction of sp³-hybridized carbons (Fsp3) is 0.278. The van der Waals surface area contributed by atoms with Gasteiger partial charge in [-0.2, -0.15) is 0 Å². The van der Waals surface area contributed by atoms with Gasteiger partial charge in [0.25, 0.3) is 0 Å². The molecule has 0 radical (unpaired) electrons. The largest absolute Gasteiger partial charge is 0.493 e. The molecule has 1 heterocycles. The number of benzene rings is 2. The van der Waals surface area contributed by atoms with Crippen LogP contribution in [0.2, 0.25) is 0 Å². The normalized spacial score (nSPS) is 13.8. The van der Waals surface area contributed by atoms with Gasteiger partial charge in [0.05, 0.1) is 19.3 Å². The second kappa shape index (κ2) is 6.71. The molecule has 0 saturated carbocycles. The zero-order valence-electron chi connectivity index (χ0n) is 13.0. The third kappa shape index (κ3) is 3.63. The van der Waals surface area contributed by atoms with Crippen molar-refractivity contribution in [2.24, 2.45) is 0 Å². The van der Waals surface area contributed by atoms with Crippen molar-refractivity contribution in [3.05, 3.63) is 48.0 Å². The molecule has 0 spiro atoms. The number of anilines is 1. The topological polar surface area (TPSA) is 70.6 Å². The van der Waals surface area contributed by atoms with Crippen LogP contribution < -0.4 is 15.4 Å². The van der Waals surface area contributed by atoms with Crippen molar-refractivity contribution >= 4 is 11.7 Å². The van der Waals surface area contributed by atoms with Crippen LogP contribution in [0.1, 0.15) is 12.5 Å². The minimum absolute atomic E-state index is 0.0926. The number of urea groups is 1. The SMILES string of the molecule is CC(CO)NC(=O)Nc1cccc(-c2ccc3c(c2)CCO3)c1. The van der Waals surface area contributed by atoms with E-state index in [1.54, 1.807) is 6.92 Å². The van der Waals surface area contributed by atoms with E-state index in [0.29, 0.717) is 5.69 Å². The Kier molecular flexibility index (Phi) is 4.48. The fourth-order valence-electron chi connectivity index (χ4n) is 2.58. The number of carbonyl (C=O) groups is 1. The zero-order valence-corrected chi connectivity index (χ0v) is 13.0. The Bertz CT molecular complexity index is 715. The van der Waals surface area contributed by atoms with Gasteiger partial charge >= 0.3 is 6.03 Å². The number of nitrogens with one attached hydrogen (secondary N) is 2. The van der Waals surface area contributed by atoms with Crippen LogP contribution in [0.3, 0.4) is 0 Å². The number of fused-ring (bicyclic) bond motifs is 1. The van der Waals surface area contributed by atoms with Crippen LogP contribution in [-0.2, 0) is 6.42 Å². The van der Waals surface area contributed by atoms with Crippen LogP contribution in [0.25, 0.3) is 11.1 Å². The second-order valence-electron chi connectivity index (χ2n) is 5.68. The quantitative estimate of drug-likeness (QED) is 0.813. The smallest absolute Gasteiger partial charge is 0.319 e. The molecule has 3 rings (SSSR count). The summed E-state index contributed by atoms with van der Waals surface area (Å²) in [7, 11) is 0. The van der Waals surface area contributed by atoms with Gasteiger partial charge in [-0.3, -0.25) is 0 Å². The van der Waals surface area contributed by atoms with E-state index >= 15 is 0 Å². The van der Waals surface area contributed by atoms with Crippen LogP contribution in [0.5, 0.6) is 5.75 Å². The van der Waals surface area contributed by atoms with Crippen LogP contribution >= 0.6 is 0 Å². The van der Waals surface area contributed by atoms with Gasteiger partial charge in [-0.1, -0.05) is 18.2 Å². The number of amides is 2. The highest BCUT2D eigenvalue weighted by Gasteiger charge is 2.13. The number of hydrogen-bond acceptors (Lipinski definition) is 3. The molecule has 2 aromatic carbocycles. The highest BCUT2D eigenvalue weighted by molar-refractivity contribution is 5.90.